The summed E-state index contributed by atoms with van der Waals surface area (Å²) in [5.41, 5.74) is 2.52. The molecule has 0 aromatic heterocycles. The van der Waals surface area contributed by atoms with Crippen molar-refractivity contribution in [1.82, 2.24) is 0 Å². The molecule has 0 spiro atoms. The molecule has 0 aromatic carbocycles. The summed E-state index contributed by atoms with van der Waals surface area (Å²) in [6.45, 7) is 12.4. The molecular weight excluding hydrogens is 364 g/mol. The van der Waals surface area contributed by atoms with Gasteiger partial charge >= 0.3 is 0 Å². The van der Waals surface area contributed by atoms with Crippen LogP contribution in [0.2, 0.25) is 0 Å². The lowest BCUT2D eigenvalue weighted by atomic mass is 9.47. The van der Waals surface area contributed by atoms with Gasteiger partial charge < -0.3 is 5.11 Å². The molecule has 0 heterocycles. The first kappa shape index (κ1) is 22.6. The summed E-state index contributed by atoms with van der Waals surface area (Å²) in [6, 6.07) is 0. The molecule has 4 aliphatic rings. The Morgan fingerprint density at radius 1 is 1.07 bits per heavy atom. The fourth-order valence-corrected chi connectivity index (χ4v) is 8.82. The van der Waals surface area contributed by atoms with Gasteiger partial charge in [0.25, 0.3) is 0 Å². The van der Waals surface area contributed by atoms with Gasteiger partial charge in [0, 0.05) is 0 Å². The van der Waals surface area contributed by atoms with E-state index in [1.807, 2.05) is 0 Å². The number of aliphatic hydroxyl groups is 1. The van der Waals surface area contributed by atoms with E-state index < -0.39 is 0 Å². The zero-order valence-corrected chi connectivity index (χ0v) is 20.5. The Morgan fingerprint density at radius 3 is 2.60 bits per heavy atom. The van der Waals surface area contributed by atoms with Crippen molar-refractivity contribution in [2.45, 2.75) is 111 Å². The molecule has 9 unspecified atom stereocenters. The summed E-state index contributed by atoms with van der Waals surface area (Å²) in [7, 11) is 0. The molecule has 1 N–H and O–H groups in total. The zero-order chi connectivity index (χ0) is 21.5. The molecule has 0 aromatic rings. The Balaban J connectivity index is 1.51. The highest BCUT2D eigenvalue weighted by molar-refractivity contribution is 5.25. The zero-order valence-electron chi connectivity index (χ0n) is 20.5. The van der Waals surface area contributed by atoms with E-state index in [-0.39, 0.29) is 6.10 Å². The van der Waals surface area contributed by atoms with Crippen LogP contribution in [0.1, 0.15) is 105 Å². The first-order valence-corrected chi connectivity index (χ1v) is 13.4. The molecule has 0 radical (unpaired) electrons. The number of fused-ring (bicyclic) bond motifs is 5. The number of hydrogen-bond acceptors (Lipinski definition) is 1. The van der Waals surface area contributed by atoms with Crippen molar-refractivity contribution in [2.75, 3.05) is 0 Å². The molecule has 0 aliphatic heterocycles. The SMILES string of the molecule is CCCC(C=CC(C)C1CCC2C3CC=C4CC(O)CCC4(C)C3CCC12C)CC. The van der Waals surface area contributed by atoms with Gasteiger partial charge in [-0.25, -0.2) is 0 Å². The number of aliphatic hydroxyl groups excluding tert-OH is 1. The van der Waals surface area contributed by atoms with Gasteiger partial charge in [-0.2, -0.15) is 0 Å². The summed E-state index contributed by atoms with van der Waals surface area (Å²) < 4.78 is 0. The van der Waals surface area contributed by atoms with E-state index in [9.17, 15) is 5.11 Å². The van der Waals surface area contributed by atoms with Crippen LogP contribution in [0.5, 0.6) is 0 Å². The predicted octanol–water partition coefficient (Wildman–Crippen LogP) is 7.94. The number of allylic oxidation sites excluding steroid dienone is 3. The monoisotopic (exact) mass is 412 g/mol. The third-order valence-corrected chi connectivity index (χ3v) is 10.7. The molecular formula is C29H48O. The van der Waals surface area contributed by atoms with E-state index in [2.05, 4.69) is 52.8 Å². The summed E-state index contributed by atoms with van der Waals surface area (Å²) in [5, 5.41) is 10.2. The van der Waals surface area contributed by atoms with E-state index in [0.717, 1.165) is 48.3 Å². The average molecular weight is 413 g/mol. The van der Waals surface area contributed by atoms with E-state index in [4.69, 9.17) is 0 Å². The van der Waals surface area contributed by atoms with Gasteiger partial charge in [0.15, 0.2) is 0 Å². The molecule has 0 saturated heterocycles. The van der Waals surface area contributed by atoms with Crippen molar-refractivity contribution in [3.05, 3.63) is 23.8 Å². The molecule has 1 nitrogen and oxygen atoms in total. The Kier molecular flexibility index (Phi) is 6.61. The van der Waals surface area contributed by atoms with Crippen LogP contribution in [0, 0.1) is 46.3 Å². The summed E-state index contributed by atoms with van der Waals surface area (Å²) in [5.74, 6) is 5.03. The van der Waals surface area contributed by atoms with Gasteiger partial charge in [-0.15, -0.1) is 0 Å². The highest BCUT2D eigenvalue weighted by atomic mass is 16.3. The lowest BCUT2D eigenvalue weighted by molar-refractivity contribution is -0.0540. The van der Waals surface area contributed by atoms with Crippen LogP contribution < -0.4 is 0 Å². The second kappa shape index (κ2) is 8.76. The van der Waals surface area contributed by atoms with Crippen molar-refractivity contribution < 1.29 is 5.11 Å². The van der Waals surface area contributed by atoms with E-state index in [0.29, 0.717) is 10.8 Å². The Hall–Kier alpha value is -0.560. The van der Waals surface area contributed by atoms with Crippen LogP contribution >= 0.6 is 0 Å². The minimum absolute atomic E-state index is 0.0853. The second-order valence-corrected chi connectivity index (χ2v) is 12.1. The fraction of sp³-hybridized carbons (Fsp3) is 0.862. The maximum absolute atomic E-state index is 10.2. The van der Waals surface area contributed by atoms with Gasteiger partial charge in [-0.05, 0) is 111 Å². The first-order chi connectivity index (χ1) is 14.3. The van der Waals surface area contributed by atoms with Crippen LogP contribution in [0.4, 0.5) is 0 Å². The minimum Gasteiger partial charge on any atom is -0.393 e. The van der Waals surface area contributed by atoms with Crippen LogP contribution in [0.25, 0.3) is 0 Å². The van der Waals surface area contributed by atoms with E-state index in [1.165, 1.54) is 57.8 Å². The van der Waals surface area contributed by atoms with E-state index >= 15 is 0 Å². The van der Waals surface area contributed by atoms with Crippen LogP contribution in [0.15, 0.2) is 23.8 Å². The topological polar surface area (TPSA) is 20.2 Å². The predicted molar refractivity (Wildman–Crippen MR) is 128 cm³/mol. The molecule has 1 heteroatoms. The number of rotatable bonds is 6. The Labute approximate surface area is 186 Å². The summed E-state index contributed by atoms with van der Waals surface area (Å²) in [6.07, 6.45) is 21.8. The minimum atomic E-state index is -0.0853. The molecule has 3 fully saturated rings. The molecule has 170 valence electrons. The quantitative estimate of drug-likeness (QED) is 0.439. The molecule has 0 bridgehead atoms. The Morgan fingerprint density at radius 2 is 1.87 bits per heavy atom. The van der Waals surface area contributed by atoms with Crippen LogP contribution in [-0.4, -0.2) is 11.2 Å². The molecule has 30 heavy (non-hydrogen) atoms. The third kappa shape index (κ3) is 3.76. The Bertz CT molecular complexity index is 661. The average Bonchev–Trinajstić information content (AvgIpc) is 3.08. The van der Waals surface area contributed by atoms with Crippen LogP contribution in [0.3, 0.4) is 0 Å². The molecule has 3 saturated carbocycles. The lowest BCUT2D eigenvalue weighted by Crippen LogP contribution is -2.50. The third-order valence-electron chi connectivity index (χ3n) is 10.7. The van der Waals surface area contributed by atoms with Gasteiger partial charge in [0.05, 0.1) is 6.10 Å². The highest BCUT2D eigenvalue weighted by Crippen LogP contribution is 2.67. The molecule has 9 atom stereocenters. The summed E-state index contributed by atoms with van der Waals surface area (Å²) in [4.78, 5) is 0. The van der Waals surface area contributed by atoms with Crippen molar-refractivity contribution in [2.24, 2.45) is 46.3 Å². The standard InChI is InChI=1S/C29H48O/c1-6-8-21(7-2)10-9-20(3)25-13-14-26-24-12-11-22-19-23(30)15-17-28(22,4)27(24)16-18-29(25,26)5/h9-11,20-21,23-27,30H,6-8,12-19H2,1-5H3. The van der Waals surface area contributed by atoms with Crippen LogP contribution in [-0.2, 0) is 0 Å². The van der Waals surface area contributed by atoms with Gasteiger partial charge in [0.1, 0.15) is 0 Å². The highest BCUT2D eigenvalue weighted by Gasteiger charge is 2.58. The molecule has 4 aliphatic carbocycles. The molecule has 4 rings (SSSR count). The van der Waals surface area contributed by atoms with Gasteiger partial charge in [-0.3, -0.25) is 0 Å². The molecule has 0 amide bonds. The van der Waals surface area contributed by atoms with Gasteiger partial charge in [-0.1, -0.05) is 64.8 Å². The maximum Gasteiger partial charge on any atom is 0.0577 e. The smallest absolute Gasteiger partial charge is 0.0577 e. The fourth-order valence-electron chi connectivity index (χ4n) is 8.82. The lowest BCUT2D eigenvalue weighted by Gasteiger charge is -2.58. The normalized spacial score (nSPS) is 45.4. The van der Waals surface area contributed by atoms with E-state index in [1.54, 1.807) is 5.57 Å². The second-order valence-electron chi connectivity index (χ2n) is 12.1. The van der Waals surface area contributed by atoms with Gasteiger partial charge in [0.2, 0.25) is 0 Å². The van der Waals surface area contributed by atoms with Crippen molar-refractivity contribution in [1.29, 1.82) is 0 Å². The first-order valence-electron chi connectivity index (χ1n) is 13.4. The number of hydrogen-bond donors (Lipinski definition) is 1. The van der Waals surface area contributed by atoms with Crippen molar-refractivity contribution in [3.8, 4) is 0 Å². The maximum atomic E-state index is 10.2. The largest absolute Gasteiger partial charge is 0.393 e. The van der Waals surface area contributed by atoms with Crippen molar-refractivity contribution >= 4 is 0 Å². The van der Waals surface area contributed by atoms with Crippen molar-refractivity contribution in [3.63, 3.8) is 0 Å². The summed E-state index contributed by atoms with van der Waals surface area (Å²) >= 11 is 0.